The van der Waals surface area contributed by atoms with Crippen molar-refractivity contribution in [2.24, 2.45) is 0 Å². The first-order valence-corrected chi connectivity index (χ1v) is 5.02. The number of nitriles is 1. The zero-order chi connectivity index (χ0) is 9.97. The smallest absolute Gasteiger partial charge is 0.121 e. The average Bonchev–Trinajstić information content (AvgIpc) is 3.04. The minimum Gasteiger partial charge on any atom is -0.301 e. The Balaban J connectivity index is 2.16. The summed E-state index contributed by atoms with van der Waals surface area (Å²) in [6.07, 6.45) is 2.65. The fourth-order valence-corrected chi connectivity index (χ4v) is 1.68. The van der Waals surface area contributed by atoms with Gasteiger partial charge in [0.25, 0.3) is 0 Å². The minimum absolute atomic E-state index is 0.178. The lowest BCUT2D eigenvalue weighted by molar-refractivity contribution is 0.726. The van der Waals surface area contributed by atoms with Crippen LogP contribution in [0.5, 0.6) is 0 Å². The van der Waals surface area contributed by atoms with Gasteiger partial charge in [-0.25, -0.2) is 0 Å². The molecule has 72 valence electrons. The monoisotopic (exact) mass is 186 g/mol. The van der Waals surface area contributed by atoms with E-state index in [1.807, 2.05) is 7.05 Å². The molecule has 0 amide bonds. The number of hydrogen-bond donors (Lipinski definition) is 1. The van der Waals surface area contributed by atoms with E-state index < -0.39 is 0 Å². The maximum absolute atomic E-state index is 8.86. The maximum atomic E-state index is 8.86. The van der Waals surface area contributed by atoms with Crippen molar-refractivity contribution in [3.8, 4) is 6.07 Å². The first kappa shape index (κ1) is 9.23. The zero-order valence-electron chi connectivity index (χ0n) is 8.33. The molecule has 1 aliphatic rings. The number of rotatable bonds is 3. The molecule has 2 nitrogen and oxygen atoms in total. The normalized spacial score (nSPS) is 17.4. The molecule has 0 bridgehead atoms. The third-order valence-corrected chi connectivity index (χ3v) is 2.74. The summed E-state index contributed by atoms with van der Waals surface area (Å²) in [4.78, 5) is 0. The Kier molecular flexibility index (Phi) is 2.51. The molecular formula is C12H14N2. The average molecular weight is 186 g/mol. The molecule has 0 aromatic heterocycles. The number of benzene rings is 1. The second-order valence-corrected chi connectivity index (χ2v) is 3.79. The molecule has 1 fully saturated rings. The molecule has 14 heavy (non-hydrogen) atoms. The Morgan fingerprint density at radius 1 is 1.36 bits per heavy atom. The Labute approximate surface area is 84.6 Å². The topological polar surface area (TPSA) is 35.8 Å². The molecule has 1 saturated carbocycles. The summed E-state index contributed by atoms with van der Waals surface area (Å²) in [5.74, 6) is 0.791. The standard InChI is InChI=1S/C12H14N2/c1-14-12(8-13)11-6-4-10(5-7-11)9-2-3-9/h4-7,9,12,14H,2-3H2,1H3. The highest BCUT2D eigenvalue weighted by atomic mass is 14.9. The molecule has 0 saturated heterocycles. The molecular weight excluding hydrogens is 172 g/mol. The van der Waals surface area contributed by atoms with Crippen molar-refractivity contribution in [2.45, 2.75) is 24.8 Å². The van der Waals surface area contributed by atoms with Crippen LogP contribution in [-0.2, 0) is 0 Å². The Bertz CT molecular complexity index is 344. The molecule has 0 aliphatic heterocycles. The van der Waals surface area contributed by atoms with E-state index in [-0.39, 0.29) is 6.04 Å². The lowest BCUT2D eigenvalue weighted by atomic mass is 10.0. The largest absolute Gasteiger partial charge is 0.301 e. The Morgan fingerprint density at radius 2 is 2.00 bits per heavy atom. The van der Waals surface area contributed by atoms with Crippen LogP contribution in [0.2, 0.25) is 0 Å². The molecule has 0 radical (unpaired) electrons. The lowest BCUT2D eigenvalue weighted by Gasteiger charge is -2.08. The van der Waals surface area contributed by atoms with Crippen molar-refractivity contribution >= 4 is 0 Å². The van der Waals surface area contributed by atoms with Crippen LogP contribution in [0.1, 0.15) is 35.9 Å². The summed E-state index contributed by atoms with van der Waals surface area (Å²) in [7, 11) is 1.81. The maximum Gasteiger partial charge on any atom is 0.121 e. The molecule has 0 heterocycles. The van der Waals surface area contributed by atoms with E-state index in [1.54, 1.807) is 0 Å². The molecule has 1 aromatic rings. The van der Waals surface area contributed by atoms with Gasteiger partial charge >= 0.3 is 0 Å². The summed E-state index contributed by atoms with van der Waals surface area (Å²) in [6.45, 7) is 0. The van der Waals surface area contributed by atoms with E-state index in [0.29, 0.717) is 0 Å². The van der Waals surface area contributed by atoms with Gasteiger partial charge < -0.3 is 5.32 Å². The van der Waals surface area contributed by atoms with E-state index in [4.69, 9.17) is 5.26 Å². The van der Waals surface area contributed by atoms with Crippen LogP contribution < -0.4 is 5.32 Å². The fraction of sp³-hybridized carbons (Fsp3) is 0.417. The fourth-order valence-electron chi connectivity index (χ4n) is 1.68. The molecule has 2 rings (SSSR count). The van der Waals surface area contributed by atoms with E-state index in [9.17, 15) is 0 Å². The molecule has 1 aromatic carbocycles. The van der Waals surface area contributed by atoms with Crippen LogP contribution in [-0.4, -0.2) is 7.05 Å². The van der Waals surface area contributed by atoms with Crippen molar-refractivity contribution in [3.63, 3.8) is 0 Å². The van der Waals surface area contributed by atoms with Crippen LogP contribution in [0.4, 0.5) is 0 Å². The Morgan fingerprint density at radius 3 is 2.43 bits per heavy atom. The van der Waals surface area contributed by atoms with Crippen molar-refractivity contribution in [1.29, 1.82) is 5.26 Å². The summed E-state index contributed by atoms with van der Waals surface area (Å²) in [6, 6.07) is 10.4. The predicted molar refractivity (Wildman–Crippen MR) is 55.8 cm³/mol. The number of nitrogens with one attached hydrogen (secondary N) is 1. The third kappa shape index (κ3) is 1.78. The Hall–Kier alpha value is -1.33. The van der Waals surface area contributed by atoms with Crippen LogP contribution in [0.15, 0.2) is 24.3 Å². The predicted octanol–water partition coefficient (Wildman–Crippen LogP) is 2.35. The lowest BCUT2D eigenvalue weighted by Crippen LogP contribution is -2.13. The van der Waals surface area contributed by atoms with Gasteiger partial charge in [-0.3, -0.25) is 0 Å². The van der Waals surface area contributed by atoms with E-state index in [2.05, 4.69) is 35.7 Å². The second kappa shape index (κ2) is 3.81. The van der Waals surface area contributed by atoms with Gasteiger partial charge in [0.15, 0.2) is 0 Å². The van der Waals surface area contributed by atoms with Gasteiger partial charge in [-0.1, -0.05) is 24.3 Å². The molecule has 0 spiro atoms. The minimum atomic E-state index is -0.178. The van der Waals surface area contributed by atoms with Crippen LogP contribution in [0.25, 0.3) is 0 Å². The van der Waals surface area contributed by atoms with Gasteiger partial charge in [0.05, 0.1) is 6.07 Å². The first-order valence-electron chi connectivity index (χ1n) is 5.02. The summed E-state index contributed by atoms with van der Waals surface area (Å²) >= 11 is 0. The summed E-state index contributed by atoms with van der Waals surface area (Å²) in [5, 5.41) is 11.8. The van der Waals surface area contributed by atoms with Gasteiger partial charge in [0, 0.05) is 0 Å². The van der Waals surface area contributed by atoms with E-state index >= 15 is 0 Å². The summed E-state index contributed by atoms with van der Waals surface area (Å²) in [5.41, 5.74) is 2.47. The number of nitrogens with zero attached hydrogens (tertiary/aromatic N) is 1. The highest BCUT2D eigenvalue weighted by molar-refractivity contribution is 5.31. The van der Waals surface area contributed by atoms with Gasteiger partial charge in [0.2, 0.25) is 0 Å². The number of hydrogen-bond acceptors (Lipinski definition) is 2. The SMILES string of the molecule is CNC(C#N)c1ccc(C2CC2)cc1. The van der Waals surface area contributed by atoms with Crippen molar-refractivity contribution < 1.29 is 0 Å². The molecule has 1 N–H and O–H groups in total. The zero-order valence-corrected chi connectivity index (χ0v) is 8.33. The quantitative estimate of drug-likeness (QED) is 0.786. The van der Waals surface area contributed by atoms with Crippen molar-refractivity contribution in [3.05, 3.63) is 35.4 Å². The van der Waals surface area contributed by atoms with Crippen LogP contribution in [0.3, 0.4) is 0 Å². The van der Waals surface area contributed by atoms with Crippen LogP contribution >= 0.6 is 0 Å². The van der Waals surface area contributed by atoms with Gasteiger partial charge in [0.1, 0.15) is 6.04 Å². The second-order valence-electron chi connectivity index (χ2n) is 3.79. The molecule has 2 heteroatoms. The summed E-state index contributed by atoms with van der Waals surface area (Å²) < 4.78 is 0. The molecule has 1 aliphatic carbocycles. The van der Waals surface area contributed by atoms with Gasteiger partial charge in [-0.05, 0) is 36.9 Å². The van der Waals surface area contributed by atoms with Gasteiger partial charge in [-0.2, -0.15) is 5.26 Å². The first-order chi connectivity index (χ1) is 6.85. The van der Waals surface area contributed by atoms with Crippen molar-refractivity contribution in [2.75, 3.05) is 7.05 Å². The van der Waals surface area contributed by atoms with Gasteiger partial charge in [-0.15, -0.1) is 0 Å². The van der Waals surface area contributed by atoms with E-state index in [0.717, 1.165) is 11.5 Å². The van der Waals surface area contributed by atoms with Crippen LogP contribution in [0, 0.1) is 11.3 Å². The third-order valence-electron chi connectivity index (χ3n) is 2.74. The molecule has 1 atom stereocenters. The highest BCUT2D eigenvalue weighted by Gasteiger charge is 2.23. The van der Waals surface area contributed by atoms with E-state index in [1.165, 1.54) is 18.4 Å². The van der Waals surface area contributed by atoms with Crippen molar-refractivity contribution in [1.82, 2.24) is 5.32 Å². The molecule has 1 unspecified atom stereocenters. The highest BCUT2D eigenvalue weighted by Crippen LogP contribution is 2.40.